The lowest BCUT2D eigenvalue weighted by atomic mass is 10.7. The van der Waals surface area contributed by atoms with Gasteiger partial charge in [-0.2, -0.15) is 4.98 Å². The molecule has 0 saturated heterocycles. The predicted molar refractivity (Wildman–Crippen MR) is 55.0 cm³/mol. The predicted octanol–water partition coefficient (Wildman–Crippen LogP) is -0.319. The molecule has 1 aromatic rings. The zero-order valence-corrected chi connectivity index (χ0v) is 9.71. The first-order valence-electron chi connectivity index (χ1n) is 4.36. The summed E-state index contributed by atoms with van der Waals surface area (Å²) in [5, 5.41) is 6.29. The van der Waals surface area contributed by atoms with E-state index >= 15 is 0 Å². The van der Waals surface area contributed by atoms with Crippen molar-refractivity contribution in [3.63, 3.8) is 0 Å². The van der Waals surface area contributed by atoms with Crippen LogP contribution in [0.2, 0.25) is 0 Å². The maximum Gasteiger partial charge on any atom is 0.321 e. The molecule has 0 aliphatic carbocycles. The van der Waals surface area contributed by atoms with Crippen LogP contribution in [0.4, 0.5) is 6.01 Å². The van der Waals surface area contributed by atoms with Crippen LogP contribution in [0.15, 0.2) is 4.52 Å². The smallest absolute Gasteiger partial charge is 0.321 e. The normalized spacial score (nSPS) is 12.0. The highest BCUT2D eigenvalue weighted by Crippen LogP contribution is 2.02. The number of nitrogens with one attached hydrogen (secondary N) is 1. The number of hydrogen-bond donors (Lipinski definition) is 1. The number of rotatable bonds is 5. The van der Waals surface area contributed by atoms with E-state index in [1.807, 2.05) is 0 Å². The number of anilines is 1. The van der Waals surface area contributed by atoms with E-state index in [1.165, 1.54) is 18.4 Å². The summed E-state index contributed by atoms with van der Waals surface area (Å²) in [6, 6.07) is 0.237. The summed E-state index contributed by atoms with van der Waals surface area (Å²) in [7, 11) is -0.196. The molecule has 0 aliphatic heterocycles. The van der Waals surface area contributed by atoms with Crippen molar-refractivity contribution in [1.29, 1.82) is 0 Å². The molecule has 0 unspecified atom stereocenters. The number of sulfonamides is 1. The first-order valence-corrected chi connectivity index (χ1v) is 5.97. The molecule has 15 heavy (non-hydrogen) atoms. The van der Waals surface area contributed by atoms with Gasteiger partial charge in [0.15, 0.2) is 5.82 Å². The van der Waals surface area contributed by atoms with Gasteiger partial charge in [-0.15, -0.1) is 0 Å². The van der Waals surface area contributed by atoms with E-state index in [0.717, 1.165) is 0 Å². The second-order valence-corrected chi connectivity index (χ2v) is 5.47. The van der Waals surface area contributed by atoms with E-state index in [1.54, 1.807) is 6.92 Å². The maximum atomic E-state index is 11.3. The number of aryl methyl sites for hydroxylation is 1. The van der Waals surface area contributed by atoms with Gasteiger partial charge < -0.3 is 9.84 Å². The Morgan fingerprint density at radius 3 is 2.60 bits per heavy atom. The molecule has 0 amide bonds. The Morgan fingerprint density at radius 1 is 1.47 bits per heavy atom. The van der Waals surface area contributed by atoms with E-state index in [9.17, 15) is 8.42 Å². The summed E-state index contributed by atoms with van der Waals surface area (Å²) in [6.07, 6.45) is 0. The monoisotopic (exact) mass is 234 g/mol. The second kappa shape index (κ2) is 4.58. The quantitative estimate of drug-likeness (QED) is 0.751. The van der Waals surface area contributed by atoms with Crippen LogP contribution in [0.5, 0.6) is 0 Å². The van der Waals surface area contributed by atoms with Crippen molar-refractivity contribution in [3.05, 3.63) is 5.82 Å². The van der Waals surface area contributed by atoms with Gasteiger partial charge in [0.25, 0.3) is 0 Å². The Hall–Kier alpha value is -1.15. The summed E-state index contributed by atoms with van der Waals surface area (Å²) in [6.45, 7) is 1.92. The van der Waals surface area contributed by atoms with Crippen molar-refractivity contribution in [2.24, 2.45) is 0 Å². The highest BCUT2D eigenvalue weighted by Gasteiger charge is 2.13. The molecule has 0 saturated carbocycles. The molecule has 0 aromatic carbocycles. The van der Waals surface area contributed by atoms with Gasteiger partial charge in [0.05, 0.1) is 5.75 Å². The summed E-state index contributed by atoms with van der Waals surface area (Å²) >= 11 is 0. The molecule has 1 aromatic heterocycles. The van der Waals surface area contributed by atoms with Gasteiger partial charge in [0.1, 0.15) is 0 Å². The fourth-order valence-corrected chi connectivity index (χ4v) is 1.56. The molecular formula is C7H14N4O3S. The van der Waals surface area contributed by atoms with Gasteiger partial charge in [0, 0.05) is 20.6 Å². The second-order valence-electron chi connectivity index (χ2n) is 3.17. The Bertz CT molecular complexity index is 412. The van der Waals surface area contributed by atoms with E-state index < -0.39 is 10.0 Å². The molecule has 86 valence electrons. The van der Waals surface area contributed by atoms with Crippen LogP contribution in [-0.2, 0) is 10.0 Å². The Kier molecular flexibility index (Phi) is 3.64. The van der Waals surface area contributed by atoms with Crippen LogP contribution in [0.3, 0.4) is 0 Å². The third-order valence-electron chi connectivity index (χ3n) is 1.72. The van der Waals surface area contributed by atoms with Crippen molar-refractivity contribution >= 4 is 16.0 Å². The molecule has 0 radical (unpaired) electrons. The third kappa shape index (κ3) is 3.48. The minimum Gasteiger partial charge on any atom is -0.337 e. The average Bonchev–Trinajstić information content (AvgIpc) is 2.51. The lowest BCUT2D eigenvalue weighted by Crippen LogP contribution is -2.28. The largest absolute Gasteiger partial charge is 0.337 e. The average molecular weight is 234 g/mol. The lowest BCUT2D eigenvalue weighted by Gasteiger charge is -2.10. The molecule has 0 spiro atoms. The summed E-state index contributed by atoms with van der Waals surface area (Å²) in [5.74, 6) is 0.495. The van der Waals surface area contributed by atoms with Gasteiger partial charge in [-0.25, -0.2) is 12.7 Å². The van der Waals surface area contributed by atoms with Crippen LogP contribution in [0.1, 0.15) is 5.82 Å². The van der Waals surface area contributed by atoms with E-state index in [0.29, 0.717) is 5.82 Å². The Labute approximate surface area is 88.5 Å². The minimum absolute atomic E-state index is 0.0125. The SMILES string of the molecule is Cc1noc(NCCS(=O)(=O)N(C)C)n1. The van der Waals surface area contributed by atoms with E-state index in [4.69, 9.17) is 4.52 Å². The molecule has 8 heteroatoms. The molecule has 1 rings (SSSR count). The van der Waals surface area contributed by atoms with E-state index in [-0.39, 0.29) is 18.3 Å². The number of hydrogen-bond acceptors (Lipinski definition) is 6. The van der Waals surface area contributed by atoms with Crippen LogP contribution in [-0.4, -0.2) is 49.3 Å². The van der Waals surface area contributed by atoms with Crippen LogP contribution in [0.25, 0.3) is 0 Å². The van der Waals surface area contributed by atoms with E-state index in [2.05, 4.69) is 15.5 Å². The first kappa shape index (κ1) is 11.9. The summed E-state index contributed by atoms with van der Waals surface area (Å²) < 4.78 is 28.6. The fraction of sp³-hybridized carbons (Fsp3) is 0.714. The summed E-state index contributed by atoms with van der Waals surface area (Å²) in [4.78, 5) is 3.88. The Balaban J connectivity index is 2.40. The molecule has 0 atom stereocenters. The van der Waals surface area contributed by atoms with Crippen molar-refractivity contribution in [3.8, 4) is 0 Å². The van der Waals surface area contributed by atoms with Gasteiger partial charge in [0.2, 0.25) is 10.0 Å². The fourth-order valence-electron chi connectivity index (χ4n) is 0.838. The van der Waals surface area contributed by atoms with Gasteiger partial charge in [-0.1, -0.05) is 5.16 Å². The number of aromatic nitrogens is 2. The van der Waals surface area contributed by atoms with Crippen molar-refractivity contribution < 1.29 is 12.9 Å². The van der Waals surface area contributed by atoms with Crippen LogP contribution >= 0.6 is 0 Å². The van der Waals surface area contributed by atoms with Gasteiger partial charge in [-0.05, 0) is 6.92 Å². The maximum absolute atomic E-state index is 11.3. The lowest BCUT2D eigenvalue weighted by molar-refractivity contribution is 0.426. The van der Waals surface area contributed by atoms with Gasteiger partial charge >= 0.3 is 6.01 Å². The van der Waals surface area contributed by atoms with Crippen LogP contribution < -0.4 is 5.32 Å². The zero-order valence-electron chi connectivity index (χ0n) is 8.89. The molecule has 0 aliphatic rings. The highest BCUT2D eigenvalue weighted by atomic mass is 32.2. The first-order chi connectivity index (χ1) is 6.92. The topological polar surface area (TPSA) is 88.3 Å². The van der Waals surface area contributed by atoms with Gasteiger partial charge in [-0.3, -0.25) is 0 Å². The minimum atomic E-state index is -3.18. The van der Waals surface area contributed by atoms with Crippen molar-refractivity contribution in [2.75, 3.05) is 31.7 Å². The molecule has 7 nitrogen and oxygen atoms in total. The Morgan fingerprint density at radius 2 is 2.13 bits per heavy atom. The molecular weight excluding hydrogens is 220 g/mol. The molecule has 0 bridgehead atoms. The molecule has 0 fully saturated rings. The van der Waals surface area contributed by atoms with Crippen molar-refractivity contribution in [1.82, 2.24) is 14.4 Å². The zero-order chi connectivity index (χ0) is 11.5. The van der Waals surface area contributed by atoms with Crippen LogP contribution in [0, 0.1) is 6.92 Å². The summed E-state index contributed by atoms with van der Waals surface area (Å²) in [5.41, 5.74) is 0. The molecule has 1 N–H and O–H groups in total. The van der Waals surface area contributed by atoms with Crippen molar-refractivity contribution in [2.45, 2.75) is 6.92 Å². The molecule has 1 heterocycles. The standard InChI is InChI=1S/C7H14N4O3S/c1-6-9-7(14-10-6)8-4-5-15(12,13)11(2)3/h4-5H2,1-3H3,(H,8,9,10). The number of nitrogens with zero attached hydrogens (tertiary/aromatic N) is 3. The highest BCUT2D eigenvalue weighted by molar-refractivity contribution is 7.89. The third-order valence-corrected chi connectivity index (χ3v) is 3.55.